The first-order valence-corrected chi connectivity index (χ1v) is 22.5. The lowest BCUT2D eigenvalue weighted by Crippen LogP contribution is -2.55. The summed E-state index contributed by atoms with van der Waals surface area (Å²) >= 11 is 0. The lowest BCUT2D eigenvalue weighted by atomic mass is 10.0. The molecule has 2 aliphatic carbocycles. The molecule has 12 rings (SSSR count). The lowest BCUT2D eigenvalue weighted by molar-refractivity contribution is 1.15. The molecule has 10 aromatic rings. The van der Waals surface area contributed by atoms with E-state index >= 15 is 0 Å². The second kappa shape index (κ2) is 11.3. The molecule has 8 aromatic carbocycles. The summed E-state index contributed by atoms with van der Waals surface area (Å²) in [6, 6.07) is 63.5. The highest BCUT2D eigenvalue weighted by Gasteiger charge is 2.37. The summed E-state index contributed by atoms with van der Waals surface area (Å²) in [5.74, 6) is 0. The minimum absolute atomic E-state index is 0.949. The molecule has 0 N–H and O–H groups in total. The van der Waals surface area contributed by atoms with Crippen molar-refractivity contribution in [2.24, 2.45) is 0 Å². The average molecular weight is 719 g/mol. The third-order valence-corrected chi connectivity index (χ3v) is 16.5. The van der Waals surface area contributed by atoms with Crippen molar-refractivity contribution in [3.8, 4) is 33.6 Å². The van der Waals surface area contributed by atoms with Gasteiger partial charge in [-0.1, -0.05) is 157 Å². The van der Waals surface area contributed by atoms with E-state index in [2.05, 4.69) is 192 Å². The Kier molecular flexibility index (Phi) is 6.36. The first-order valence-electron chi connectivity index (χ1n) is 19.5. The molecule has 2 nitrogen and oxygen atoms in total. The van der Waals surface area contributed by atoms with Gasteiger partial charge in [0.05, 0.1) is 22.1 Å². The molecule has 0 spiro atoms. The van der Waals surface area contributed by atoms with Crippen LogP contribution in [0.3, 0.4) is 0 Å². The minimum atomic E-state index is -2.21. The lowest BCUT2D eigenvalue weighted by Gasteiger charge is -2.29. The van der Waals surface area contributed by atoms with E-state index in [1.165, 1.54) is 99.5 Å². The monoisotopic (exact) mass is 718 g/mol. The van der Waals surface area contributed by atoms with Gasteiger partial charge in [-0.15, -0.1) is 0 Å². The van der Waals surface area contributed by atoms with Gasteiger partial charge in [-0.25, -0.2) is 0 Å². The van der Waals surface area contributed by atoms with Crippen molar-refractivity contribution in [1.29, 1.82) is 0 Å². The number of hydrogen-bond acceptors (Lipinski definition) is 0. The molecule has 0 bridgehead atoms. The van der Waals surface area contributed by atoms with Crippen molar-refractivity contribution >= 4 is 62.1 Å². The summed E-state index contributed by atoms with van der Waals surface area (Å²) in [7, 11) is -2.21. The van der Waals surface area contributed by atoms with Crippen LogP contribution >= 0.6 is 0 Å². The van der Waals surface area contributed by atoms with E-state index in [-0.39, 0.29) is 0 Å². The maximum absolute atomic E-state index is 2.59. The van der Waals surface area contributed by atoms with Gasteiger partial charge in [0.2, 0.25) is 0 Å². The van der Waals surface area contributed by atoms with Gasteiger partial charge in [-0.05, 0) is 80.9 Å². The first-order chi connectivity index (χ1) is 27.1. The number of fused-ring (bicyclic) bond motifs is 14. The van der Waals surface area contributed by atoms with Crippen LogP contribution in [0.5, 0.6) is 0 Å². The predicted molar refractivity (Wildman–Crippen MR) is 235 cm³/mol. The molecule has 0 fully saturated rings. The van der Waals surface area contributed by atoms with Crippen molar-refractivity contribution < 1.29 is 0 Å². The van der Waals surface area contributed by atoms with Crippen LogP contribution in [-0.2, 0) is 12.8 Å². The largest absolute Gasteiger partial charge is 0.309 e. The summed E-state index contributed by atoms with van der Waals surface area (Å²) < 4.78 is 5.02. The number of hydrogen-bond donors (Lipinski definition) is 0. The van der Waals surface area contributed by atoms with Gasteiger partial charge in [0.25, 0.3) is 0 Å². The Morgan fingerprint density at radius 1 is 0.345 bits per heavy atom. The smallest absolute Gasteiger partial charge is 0.113 e. The van der Waals surface area contributed by atoms with Crippen LogP contribution < -0.4 is 10.4 Å². The SMILES string of the molecule is C[Si](C)(c1cccc2c1Cc1c-2ccc2c3ccccc3n(-c3ccccc3)c12)c1cccc2c1Cc1c-2ccc2c3ccccc3n(-c3ccccc3)c12. The Hall–Kier alpha value is -6.42. The number of para-hydroxylation sites is 4. The molecule has 0 amide bonds. The van der Waals surface area contributed by atoms with Crippen molar-refractivity contribution in [3.05, 3.63) is 192 Å². The van der Waals surface area contributed by atoms with Gasteiger partial charge >= 0.3 is 0 Å². The Morgan fingerprint density at radius 2 is 0.745 bits per heavy atom. The molecule has 2 heterocycles. The Bertz CT molecular complexity index is 3000. The van der Waals surface area contributed by atoms with E-state index < -0.39 is 8.07 Å². The van der Waals surface area contributed by atoms with Crippen LogP contribution in [0.15, 0.2) is 170 Å². The summed E-state index contributed by atoms with van der Waals surface area (Å²) in [4.78, 5) is 0. The molecular formula is C52H38N2Si. The number of aromatic nitrogens is 2. The Balaban J connectivity index is 1.02. The van der Waals surface area contributed by atoms with E-state index in [9.17, 15) is 0 Å². The highest BCUT2D eigenvalue weighted by molar-refractivity contribution is 7.01. The van der Waals surface area contributed by atoms with Crippen molar-refractivity contribution in [3.63, 3.8) is 0 Å². The molecule has 2 aromatic heterocycles. The molecule has 0 atom stereocenters. The Labute approximate surface area is 321 Å². The summed E-state index contributed by atoms with van der Waals surface area (Å²) in [6.07, 6.45) is 1.90. The maximum Gasteiger partial charge on any atom is 0.113 e. The summed E-state index contributed by atoms with van der Waals surface area (Å²) in [5.41, 5.74) is 19.2. The average Bonchev–Trinajstić information content (AvgIpc) is 3.99. The fraction of sp³-hybridized carbons (Fsp3) is 0.0769. The molecule has 260 valence electrons. The summed E-state index contributed by atoms with van der Waals surface area (Å²) in [5, 5.41) is 8.42. The molecule has 3 heteroatoms. The molecular weight excluding hydrogens is 681 g/mol. The zero-order valence-corrected chi connectivity index (χ0v) is 32.0. The van der Waals surface area contributed by atoms with Crippen LogP contribution in [0, 0.1) is 0 Å². The van der Waals surface area contributed by atoms with Crippen LogP contribution in [-0.4, -0.2) is 17.2 Å². The number of benzene rings is 8. The minimum Gasteiger partial charge on any atom is -0.309 e. The third kappa shape index (κ3) is 4.19. The van der Waals surface area contributed by atoms with Crippen LogP contribution in [0.1, 0.15) is 22.3 Å². The van der Waals surface area contributed by atoms with Gasteiger partial charge in [-0.2, -0.15) is 0 Å². The fourth-order valence-corrected chi connectivity index (χ4v) is 13.8. The highest BCUT2D eigenvalue weighted by Crippen LogP contribution is 2.46. The number of rotatable bonds is 4. The van der Waals surface area contributed by atoms with Crippen LogP contribution in [0.4, 0.5) is 0 Å². The quantitative estimate of drug-likeness (QED) is 0.160. The molecule has 2 aliphatic rings. The van der Waals surface area contributed by atoms with Crippen molar-refractivity contribution in [1.82, 2.24) is 9.13 Å². The van der Waals surface area contributed by atoms with Gasteiger partial charge < -0.3 is 9.13 Å². The molecule has 0 aliphatic heterocycles. The van der Waals surface area contributed by atoms with Crippen molar-refractivity contribution in [2.75, 3.05) is 0 Å². The molecule has 0 radical (unpaired) electrons. The normalized spacial score (nSPS) is 13.1. The van der Waals surface area contributed by atoms with E-state index in [4.69, 9.17) is 0 Å². The standard InChI is InChI=1S/C52H38N2Si/c1-55(2,49-25-13-21-35-37-27-29-41-39-19-9-11-23-47(39)53(33-15-5-3-6-16-33)51(41)45(37)31-43(35)49)50-26-14-22-36-38-28-30-42-40-20-10-12-24-48(40)54(34-17-7-4-8-18-34)52(42)46(38)32-44(36)50/h3-30H,31-32H2,1-2H3. The first kappa shape index (κ1) is 31.0. The van der Waals surface area contributed by atoms with E-state index in [0.717, 1.165) is 12.8 Å². The van der Waals surface area contributed by atoms with E-state index in [0.29, 0.717) is 0 Å². The van der Waals surface area contributed by atoms with Crippen LogP contribution in [0.2, 0.25) is 13.1 Å². The van der Waals surface area contributed by atoms with Gasteiger partial charge in [0, 0.05) is 45.8 Å². The van der Waals surface area contributed by atoms with Crippen molar-refractivity contribution in [2.45, 2.75) is 25.9 Å². The second-order valence-corrected chi connectivity index (χ2v) is 20.3. The van der Waals surface area contributed by atoms with E-state index in [1.807, 2.05) is 0 Å². The third-order valence-electron chi connectivity index (χ3n) is 12.9. The van der Waals surface area contributed by atoms with Crippen LogP contribution in [0.25, 0.3) is 77.2 Å². The zero-order chi connectivity index (χ0) is 36.4. The molecule has 0 unspecified atom stereocenters. The van der Waals surface area contributed by atoms with E-state index in [1.54, 1.807) is 10.4 Å². The fourth-order valence-electron chi connectivity index (χ4n) is 10.5. The topological polar surface area (TPSA) is 9.86 Å². The molecule has 55 heavy (non-hydrogen) atoms. The summed E-state index contributed by atoms with van der Waals surface area (Å²) in [6.45, 7) is 5.19. The van der Waals surface area contributed by atoms with Gasteiger partial charge in [0.1, 0.15) is 8.07 Å². The predicted octanol–water partition coefficient (Wildman–Crippen LogP) is 11.8. The van der Waals surface area contributed by atoms with Gasteiger partial charge in [-0.3, -0.25) is 0 Å². The molecule has 0 saturated heterocycles. The maximum atomic E-state index is 2.59. The zero-order valence-electron chi connectivity index (χ0n) is 31.0. The highest BCUT2D eigenvalue weighted by atomic mass is 28.3. The van der Waals surface area contributed by atoms with Gasteiger partial charge in [0.15, 0.2) is 0 Å². The molecule has 0 saturated carbocycles. The Morgan fingerprint density at radius 3 is 1.20 bits per heavy atom. The second-order valence-electron chi connectivity index (χ2n) is 16.0. The number of nitrogens with zero attached hydrogens (tertiary/aromatic N) is 2.